The summed E-state index contributed by atoms with van der Waals surface area (Å²) < 4.78 is 11.0. The summed E-state index contributed by atoms with van der Waals surface area (Å²) in [5.41, 5.74) is 0. The Morgan fingerprint density at radius 2 is 2.23 bits per heavy atom. The fraction of sp³-hybridized carbons (Fsp3) is 0.625. The molecule has 0 aliphatic heterocycles. The standard InChI is InChI=1S/C8H12ClNO2S/c1-2-11-3-4-12-6-7-5-10-8(9)13-7/h5H,2-4,6H2,1H3. The minimum absolute atomic E-state index is 0.559. The SMILES string of the molecule is CCOCCOCc1cnc(Cl)s1. The Bertz CT molecular complexity index is 242. The van der Waals surface area contributed by atoms with E-state index in [1.54, 1.807) is 6.20 Å². The highest BCUT2D eigenvalue weighted by Crippen LogP contribution is 2.18. The summed E-state index contributed by atoms with van der Waals surface area (Å²) in [6.07, 6.45) is 1.73. The van der Waals surface area contributed by atoms with Crippen LogP contribution in [-0.2, 0) is 16.1 Å². The predicted molar refractivity (Wildman–Crippen MR) is 53.3 cm³/mol. The van der Waals surface area contributed by atoms with Crippen LogP contribution in [0.5, 0.6) is 0 Å². The van der Waals surface area contributed by atoms with Crippen LogP contribution < -0.4 is 0 Å². The minimum atomic E-state index is 0.559. The van der Waals surface area contributed by atoms with E-state index in [0.29, 0.717) is 24.3 Å². The molecule has 1 heterocycles. The van der Waals surface area contributed by atoms with E-state index in [-0.39, 0.29) is 0 Å². The van der Waals surface area contributed by atoms with Gasteiger partial charge in [-0.1, -0.05) is 11.6 Å². The summed E-state index contributed by atoms with van der Waals surface area (Å²) in [7, 11) is 0. The predicted octanol–water partition coefficient (Wildman–Crippen LogP) is 2.35. The molecule has 0 fully saturated rings. The van der Waals surface area contributed by atoms with Gasteiger partial charge in [0.25, 0.3) is 0 Å². The molecule has 0 saturated carbocycles. The van der Waals surface area contributed by atoms with E-state index in [1.165, 1.54) is 11.3 Å². The largest absolute Gasteiger partial charge is 0.379 e. The molecule has 0 spiro atoms. The van der Waals surface area contributed by atoms with Crippen LogP contribution in [0.4, 0.5) is 0 Å². The van der Waals surface area contributed by atoms with Crippen molar-refractivity contribution in [3.63, 3.8) is 0 Å². The summed E-state index contributed by atoms with van der Waals surface area (Å²) in [4.78, 5) is 4.95. The summed E-state index contributed by atoms with van der Waals surface area (Å²) in [6.45, 7) is 4.52. The van der Waals surface area contributed by atoms with Crippen molar-refractivity contribution in [2.75, 3.05) is 19.8 Å². The molecule has 0 unspecified atom stereocenters. The quantitative estimate of drug-likeness (QED) is 0.691. The van der Waals surface area contributed by atoms with Crippen molar-refractivity contribution in [2.45, 2.75) is 13.5 Å². The monoisotopic (exact) mass is 221 g/mol. The third kappa shape index (κ3) is 4.57. The first kappa shape index (κ1) is 10.9. The van der Waals surface area contributed by atoms with Crippen LogP contribution in [0.1, 0.15) is 11.8 Å². The molecule has 0 aromatic carbocycles. The molecule has 0 N–H and O–H groups in total. The van der Waals surface area contributed by atoms with Crippen LogP contribution >= 0.6 is 22.9 Å². The molecule has 0 aliphatic rings. The van der Waals surface area contributed by atoms with Gasteiger partial charge in [0, 0.05) is 12.8 Å². The normalized spacial score (nSPS) is 10.6. The Kier molecular flexibility index (Phi) is 5.31. The Balaban J connectivity index is 2.06. The van der Waals surface area contributed by atoms with Crippen molar-refractivity contribution in [2.24, 2.45) is 0 Å². The van der Waals surface area contributed by atoms with Gasteiger partial charge in [-0.15, -0.1) is 11.3 Å². The van der Waals surface area contributed by atoms with E-state index in [1.807, 2.05) is 6.92 Å². The second kappa shape index (κ2) is 6.32. The first-order valence-electron chi connectivity index (χ1n) is 4.08. The summed E-state index contributed by atoms with van der Waals surface area (Å²) in [5.74, 6) is 0. The second-order valence-electron chi connectivity index (χ2n) is 2.33. The van der Waals surface area contributed by atoms with E-state index in [9.17, 15) is 0 Å². The van der Waals surface area contributed by atoms with Gasteiger partial charge in [0.2, 0.25) is 0 Å². The number of hydrogen-bond acceptors (Lipinski definition) is 4. The maximum atomic E-state index is 5.65. The van der Waals surface area contributed by atoms with Crippen molar-refractivity contribution in [3.05, 3.63) is 15.5 Å². The van der Waals surface area contributed by atoms with E-state index in [4.69, 9.17) is 21.1 Å². The van der Waals surface area contributed by atoms with Crippen molar-refractivity contribution in [3.8, 4) is 0 Å². The van der Waals surface area contributed by atoms with Crippen molar-refractivity contribution >= 4 is 22.9 Å². The maximum absolute atomic E-state index is 5.65. The van der Waals surface area contributed by atoms with Crippen LogP contribution in [0, 0.1) is 0 Å². The lowest BCUT2D eigenvalue weighted by atomic mass is 10.6. The molecule has 0 radical (unpaired) electrons. The molecule has 0 aliphatic carbocycles. The Morgan fingerprint density at radius 3 is 2.85 bits per heavy atom. The van der Waals surface area contributed by atoms with Gasteiger partial charge in [-0.3, -0.25) is 0 Å². The number of hydrogen-bond donors (Lipinski definition) is 0. The highest BCUT2D eigenvalue weighted by atomic mass is 35.5. The van der Waals surface area contributed by atoms with Gasteiger partial charge in [-0.05, 0) is 6.92 Å². The second-order valence-corrected chi connectivity index (χ2v) is 4.03. The number of ether oxygens (including phenoxy) is 2. The lowest BCUT2D eigenvalue weighted by Crippen LogP contribution is -2.03. The zero-order chi connectivity index (χ0) is 9.52. The fourth-order valence-corrected chi connectivity index (χ4v) is 1.70. The van der Waals surface area contributed by atoms with Crippen LogP contribution in [0.2, 0.25) is 4.47 Å². The van der Waals surface area contributed by atoms with Gasteiger partial charge in [0.05, 0.1) is 24.7 Å². The lowest BCUT2D eigenvalue weighted by Gasteiger charge is -2.01. The van der Waals surface area contributed by atoms with Crippen molar-refractivity contribution in [1.82, 2.24) is 4.98 Å². The van der Waals surface area contributed by atoms with Gasteiger partial charge in [0.15, 0.2) is 4.47 Å². The Morgan fingerprint density at radius 1 is 1.46 bits per heavy atom. The highest BCUT2D eigenvalue weighted by Gasteiger charge is 1.98. The van der Waals surface area contributed by atoms with Crippen LogP contribution in [0.25, 0.3) is 0 Å². The van der Waals surface area contributed by atoms with E-state index >= 15 is 0 Å². The molecule has 74 valence electrons. The van der Waals surface area contributed by atoms with E-state index < -0.39 is 0 Å². The average Bonchev–Trinajstić information content (AvgIpc) is 2.51. The maximum Gasteiger partial charge on any atom is 0.183 e. The smallest absolute Gasteiger partial charge is 0.183 e. The van der Waals surface area contributed by atoms with Gasteiger partial charge >= 0.3 is 0 Å². The highest BCUT2D eigenvalue weighted by molar-refractivity contribution is 7.15. The van der Waals surface area contributed by atoms with Gasteiger partial charge in [0.1, 0.15) is 0 Å². The Hall–Kier alpha value is -0.160. The molecule has 0 atom stereocenters. The molecule has 5 heteroatoms. The van der Waals surface area contributed by atoms with Crippen LogP contribution in [0.15, 0.2) is 6.20 Å². The third-order valence-electron chi connectivity index (χ3n) is 1.35. The third-order valence-corrected chi connectivity index (χ3v) is 2.43. The van der Waals surface area contributed by atoms with Crippen molar-refractivity contribution in [1.29, 1.82) is 0 Å². The lowest BCUT2D eigenvalue weighted by molar-refractivity contribution is 0.0462. The molecule has 13 heavy (non-hydrogen) atoms. The molecule has 1 aromatic heterocycles. The van der Waals surface area contributed by atoms with Crippen LogP contribution in [-0.4, -0.2) is 24.8 Å². The van der Waals surface area contributed by atoms with Crippen LogP contribution in [0.3, 0.4) is 0 Å². The molecule has 1 rings (SSSR count). The topological polar surface area (TPSA) is 31.4 Å². The summed E-state index contributed by atoms with van der Waals surface area (Å²) in [6, 6.07) is 0. The van der Waals surface area contributed by atoms with Gasteiger partial charge in [-0.2, -0.15) is 0 Å². The molecule has 3 nitrogen and oxygen atoms in total. The zero-order valence-electron chi connectivity index (χ0n) is 7.46. The number of aromatic nitrogens is 1. The number of rotatable bonds is 6. The summed E-state index contributed by atoms with van der Waals surface area (Å²) >= 11 is 7.09. The minimum Gasteiger partial charge on any atom is -0.379 e. The first-order valence-corrected chi connectivity index (χ1v) is 5.28. The van der Waals surface area contributed by atoms with Gasteiger partial charge in [-0.25, -0.2) is 4.98 Å². The molecular formula is C8H12ClNO2S. The first-order chi connectivity index (χ1) is 6.33. The molecular weight excluding hydrogens is 210 g/mol. The molecule has 0 bridgehead atoms. The number of halogens is 1. The summed E-state index contributed by atoms with van der Waals surface area (Å²) in [5, 5.41) is 0. The molecule has 0 amide bonds. The number of nitrogens with zero attached hydrogens (tertiary/aromatic N) is 1. The average molecular weight is 222 g/mol. The van der Waals surface area contributed by atoms with Crippen molar-refractivity contribution < 1.29 is 9.47 Å². The van der Waals surface area contributed by atoms with Gasteiger partial charge < -0.3 is 9.47 Å². The Labute approximate surface area is 86.6 Å². The fourth-order valence-electron chi connectivity index (χ4n) is 0.785. The zero-order valence-corrected chi connectivity index (χ0v) is 9.03. The molecule has 1 aromatic rings. The van der Waals surface area contributed by atoms with E-state index in [2.05, 4.69) is 4.98 Å². The number of thiazole rings is 1. The molecule has 0 saturated heterocycles. The van der Waals surface area contributed by atoms with E-state index in [0.717, 1.165) is 11.5 Å².